The maximum atomic E-state index is 10.7. The predicted octanol–water partition coefficient (Wildman–Crippen LogP) is 3.46. The summed E-state index contributed by atoms with van der Waals surface area (Å²) in [5, 5.41) is 8.78. The van der Waals surface area contributed by atoms with Gasteiger partial charge in [0, 0.05) is 0 Å². The van der Waals surface area contributed by atoms with Crippen molar-refractivity contribution in [2.75, 3.05) is 0 Å². The maximum absolute atomic E-state index is 10.7. The lowest BCUT2D eigenvalue weighted by molar-refractivity contribution is -0.139. The molecule has 0 spiro atoms. The van der Waals surface area contributed by atoms with E-state index >= 15 is 0 Å². The minimum absolute atomic E-state index is 0.0200. The Bertz CT molecular complexity index is 190. The molecule has 0 saturated heterocycles. The lowest BCUT2D eigenvalue weighted by Crippen LogP contribution is -2.22. The Morgan fingerprint density at radius 3 is 2.36 bits per heavy atom. The summed E-state index contributed by atoms with van der Waals surface area (Å²) in [7, 11) is 0. The average Bonchev–Trinajstić information content (AvgIpc) is 2.02. The number of carboxylic acid groups (broad SMARTS) is 1. The van der Waals surface area contributed by atoms with Gasteiger partial charge >= 0.3 is 5.97 Å². The number of hydrogen-bond acceptors (Lipinski definition) is 1. The van der Waals surface area contributed by atoms with Crippen molar-refractivity contribution in [2.45, 2.75) is 58.8 Å². The molecule has 82 valence electrons. The van der Waals surface area contributed by atoms with Gasteiger partial charge in [0.1, 0.15) is 0 Å². The molecule has 1 fully saturated rings. The molecule has 1 aliphatic carbocycles. The second-order valence-electron chi connectivity index (χ2n) is 5.44. The molecule has 0 aromatic heterocycles. The summed E-state index contributed by atoms with van der Waals surface area (Å²) in [6, 6.07) is 0. The monoisotopic (exact) mass is 198 g/mol. The Morgan fingerprint density at radius 2 is 1.86 bits per heavy atom. The lowest BCUT2D eigenvalue weighted by Gasteiger charge is -2.30. The number of carbonyl (C=O) groups is 1. The molecule has 0 aromatic rings. The SMILES string of the molecule is CC(C)(CC(=O)O)CC1CCCCC1. The highest BCUT2D eigenvalue weighted by molar-refractivity contribution is 5.67. The van der Waals surface area contributed by atoms with Gasteiger partial charge in [0.2, 0.25) is 0 Å². The van der Waals surface area contributed by atoms with Crippen molar-refractivity contribution in [3.05, 3.63) is 0 Å². The molecule has 0 bridgehead atoms. The Hall–Kier alpha value is -0.530. The van der Waals surface area contributed by atoms with Crippen LogP contribution in [0, 0.1) is 11.3 Å². The van der Waals surface area contributed by atoms with E-state index in [1.54, 1.807) is 0 Å². The predicted molar refractivity (Wildman–Crippen MR) is 57.2 cm³/mol. The van der Waals surface area contributed by atoms with Gasteiger partial charge in [0.05, 0.1) is 6.42 Å². The van der Waals surface area contributed by atoms with Gasteiger partial charge < -0.3 is 5.11 Å². The first-order chi connectivity index (χ1) is 6.49. The fourth-order valence-corrected chi connectivity index (χ4v) is 2.65. The first-order valence-corrected chi connectivity index (χ1v) is 5.71. The zero-order valence-corrected chi connectivity index (χ0v) is 9.38. The summed E-state index contributed by atoms with van der Waals surface area (Å²) in [5.41, 5.74) is -0.0200. The molecule has 0 atom stereocenters. The van der Waals surface area contributed by atoms with E-state index in [1.807, 2.05) is 0 Å². The Morgan fingerprint density at radius 1 is 1.29 bits per heavy atom. The number of hydrogen-bond donors (Lipinski definition) is 1. The quantitative estimate of drug-likeness (QED) is 0.751. The standard InChI is InChI=1S/C12H22O2/c1-12(2,9-11(13)14)8-10-6-4-3-5-7-10/h10H,3-9H2,1-2H3,(H,13,14). The van der Waals surface area contributed by atoms with Crippen LogP contribution in [0.5, 0.6) is 0 Å². The molecule has 0 aliphatic heterocycles. The van der Waals surface area contributed by atoms with Crippen molar-refractivity contribution in [3.63, 3.8) is 0 Å². The first kappa shape index (κ1) is 11.5. The second-order valence-corrected chi connectivity index (χ2v) is 5.44. The van der Waals surface area contributed by atoms with Crippen LogP contribution in [0.2, 0.25) is 0 Å². The number of carboxylic acids is 1. The summed E-state index contributed by atoms with van der Waals surface area (Å²) in [6.07, 6.45) is 8.06. The van der Waals surface area contributed by atoms with Gasteiger partial charge in [-0.2, -0.15) is 0 Å². The lowest BCUT2D eigenvalue weighted by atomic mass is 9.75. The Kier molecular flexibility index (Phi) is 3.97. The van der Waals surface area contributed by atoms with Gasteiger partial charge in [0.25, 0.3) is 0 Å². The first-order valence-electron chi connectivity index (χ1n) is 5.71. The topological polar surface area (TPSA) is 37.3 Å². The van der Waals surface area contributed by atoms with Crippen molar-refractivity contribution in [1.29, 1.82) is 0 Å². The fraction of sp³-hybridized carbons (Fsp3) is 0.917. The summed E-state index contributed by atoms with van der Waals surface area (Å²) in [5.74, 6) is 0.115. The van der Waals surface area contributed by atoms with Crippen LogP contribution in [-0.2, 0) is 4.79 Å². The van der Waals surface area contributed by atoms with Crippen LogP contribution in [0.25, 0.3) is 0 Å². The molecule has 2 nitrogen and oxygen atoms in total. The van der Waals surface area contributed by atoms with E-state index in [-0.39, 0.29) is 5.41 Å². The molecular weight excluding hydrogens is 176 g/mol. The molecule has 14 heavy (non-hydrogen) atoms. The van der Waals surface area contributed by atoms with Crippen molar-refractivity contribution in [2.24, 2.45) is 11.3 Å². The largest absolute Gasteiger partial charge is 0.481 e. The fourth-order valence-electron chi connectivity index (χ4n) is 2.65. The third-order valence-electron chi connectivity index (χ3n) is 3.20. The highest BCUT2D eigenvalue weighted by atomic mass is 16.4. The minimum Gasteiger partial charge on any atom is -0.481 e. The molecule has 0 aromatic carbocycles. The van der Waals surface area contributed by atoms with Crippen molar-refractivity contribution >= 4 is 5.97 Å². The van der Waals surface area contributed by atoms with Crippen molar-refractivity contribution in [3.8, 4) is 0 Å². The van der Waals surface area contributed by atoms with E-state index in [2.05, 4.69) is 13.8 Å². The van der Waals surface area contributed by atoms with Crippen LogP contribution < -0.4 is 0 Å². The molecule has 1 N–H and O–H groups in total. The molecule has 0 amide bonds. The van der Waals surface area contributed by atoms with Gasteiger partial charge in [-0.1, -0.05) is 46.0 Å². The van der Waals surface area contributed by atoms with E-state index in [4.69, 9.17) is 5.11 Å². The normalized spacial score (nSPS) is 19.6. The van der Waals surface area contributed by atoms with Gasteiger partial charge in [-0.05, 0) is 17.8 Å². The molecule has 1 aliphatic rings. The van der Waals surface area contributed by atoms with Crippen LogP contribution in [0.4, 0.5) is 0 Å². The zero-order chi connectivity index (χ0) is 10.6. The van der Waals surface area contributed by atoms with Crippen LogP contribution >= 0.6 is 0 Å². The summed E-state index contributed by atoms with van der Waals surface area (Å²) < 4.78 is 0. The average molecular weight is 198 g/mol. The third-order valence-corrected chi connectivity index (χ3v) is 3.20. The molecule has 0 radical (unpaired) electrons. The molecule has 0 unspecified atom stereocenters. The molecule has 2 heteroatoms. The molecule has 1 saturated carbocycles. The highest BCUT2D eigenvalue weighted by Gasteiger charge is 2.26. The van der Waals surface area contributed by atoms with E-state index in [0.29, 0.717) is 6.42 Å². The molecular formula is C12H22O2. The van der Waals surface area contributed by atoms with E-state index in [1.165, 1.54) is 32.1 Å². The van der Waals surface area contributed by atoms with Crippen molar-refractivity contribution < 1.29 is 9.90 Å². The van der Waals surface area contributed by atoms with E-state index in [0.717, 1.165) is 12.3 Å². The van der Waals surface area contributed by atoms with Gasteiger partial charge in [-0.15, -0.1) is 0 Å². The van der Waals surface area contributed by atoms with Gasteiger partial charge in [0.15, 0.2) is 0 Å². The number of rotatable bonds is 4. The van der Waals surface area contributed by atoms with E-state index < -0.39 is 5.97 Å². The van der Waals surface area contributed by atoms with Crippen LogP contribution in [-0.4, -0.2) is 11.1 Å². The summed E-state index contributed by atoms with van der Waals surface area (Å²) in [4.78, 5) is 10.7. The van der Waals surface area contributed by atoms with Gasteiger partial charge in [-0.3, -0.25) is 4.79 Å². The Balaban J connectivity index is 2.36. The van der Waals surface area contributed by atoms with Crippen molar-refractivity contribution in [1.82, 2.24) is 0 Å². The summed E-state index contributed by atoms with van der Waals surface area (Å²) in [6.45, 7) is 4.16. The highest BCUT2D eigenvalue weighted by Crippen LogP contribution is 2.36. The minimum atomic E-state index is -0.661. The van der Waals surface area contributed by atoms with Crippen LogP contribution in [0.3, 0.4) is 0 Å². The third kappa shape index (κ3) is 4.12. The van der Waals surface area contributed by atoms with Crippen LogP contribution in [0.1, 0.15) is 58.8 Å². The maximum Gasteiger partial charge on any atom is 0.303 e. The van der Waals surface area contributed by atoms with Gasteiger partial charge in [-0.25, -0.2) is 0 Å². The summed E-state index contributed by atoms with van der Waals surface area (Å²) >= 11 is 0. The molecule has 1 rings (SSSR count). The second kappa shape index (κ2) is 4.81. The Labute approximate surface area is 86.7 Å². The smallest absolute Gasteiger partial charge is 0.303 e. The van der Waals surface area contributed by atoms with Crippen LogP contribution in [0.15, 0.2) is 0 Å². The van der Waals surface area contributed by atoms with E-state index in [9.17, 15) is 4.79 Å². The number of aliphatic carboxylic acids is 1. The zero-order valence-electron chi connectivity index (χ0n) is 9.38. The molecule has 0 heterocycles.